The fraction of sp³-hybridized carbons (Fsp3) is 0.154. The predicted octanol–water partition coefficient (Wildman–Crippen LogP) is 1.09. The highest BCUT2D eigenvalue weighted by molar-refractivity contribution is 5.91. The van der Waals surface area contributed by atoms with Crippen molar-refractivity contribution in [3.05, 3.63) is 41.2 Å². The van der Waals surface area contributed by atoms with E-state index in [1.54, 1.807) is 18.2 Å². The molecule has 0 aliphatic heterocycles. The van der Waals surface area contributed by atoms with Gasteiger partial charge < -0.3 is 15.6 Å². The van der Waals surface area contributed by atoms with Crippen molar-refractivity contribution in [3.63, 3.8) is 0 Å². The van der Waals surface area contributed by atoms with Crippen LogP contribution >= 0.6 is 0 Å². The lowest BCUT2D eigenvalue weighted by Crippen LogP contribution is -2.05. The fourth-order valence-corrected chi connectivity index (χ4v) is 1.80. The van der Waals surface area contributed by atoms with E-state index < -0.39 is 5.97 Å². The van der Waals surface area contributed by atoms with Crippen LogP contribution in [0.15, 0.2) is 24.4 Å². The van der Waals surface area contributed by atoms with Crippen LogP contribution in [0.2, 0.25) is 0 Å². The number of nitrogens with two attached hydrogens (primary N) is 1. The van der Waals surface area contributed by atoms with Crippen LogP contribution in [0.4, 0.5) is 5.69 Å². The summed E-state index contributed by atoms with van der Waals surface area (Å²) < 4.78 is 6.54. The number of carboxylic acids is 1. The number of hydrogen-bond donors (Lipinski definition) is 2. The Balaban J connectivity index is 2.29. The first kappa shape index (κ1) is 13.4. The van der Waals surface area contributed by atoms with Crippen molar-refractivity contribution >= 4 is 11.7 Å². The quantitative estimate of drug-likeness (QED) is 0.861. The third-order valence-electron chi connectivity index (χ3n) is 2.72. The first-order chi connectivity index (χ1) is 9.55. The maximum atomic E-state index is 10.9. The Hall–Kier alpha value is -3.01. The van der Waals surface area contributed by atoms with Gasteiger partial charge in [-0.15, -0.1) is 0 Å². The summed E-state index contributed by atoms with van der Waals surface area (Å²) in [4.78, 5) is 10.9. The number of anilines is 1. The molecule has 0 spiro atoms. The van der Waals surface area contributed by atoms with E-state index in [2.05, 4.69) is 5.10 Å². The van der Waals surface area contributed by atoms with Crippen molar-refractivity contribution in [1.82, 2.24) is 9.78 Å². The fourth-order valence-electron chi connectivity index (χ4n) is 1.80. The molecule has 0 unspecified atom stereocenters. The summed E-state index contributed by atoms with van der Waals surface area (Å²) in [7, 11) is 1.48. The molecular formula is C13H12N4O3. The Labute approximate surface area is 114 Å². The minimum atomic E-state index is -1.17. The van der Waals surface area contributed by atoms with Crippen LogP contribution in [0.1, 0.15) is 21.6 Å². The van der Waals surface area contributed by atoms with E-state index in [0.717, 1.165) is 5.56 Å². The Morgan fingerprint density at radius 1 is 1.60 bits per heavy atom. The number of benzene rings is 1. The second-order valence-electron chi connectivity index (χ2n) is 4.08. The molecule has 0 amide bonds. The molecular weight excluding hydrogens is 260 g/mol. The largest absolute Gasteiger partial charge is 0.495 e. The van der Waals surface area contributed by atoms with Gasteiger partial charge in [0.05, 0.1) is 24.9 Å². The number of carboxylic acid groups (broad SMARTS) is 1. The lowest BCUT2D eigenvalue weighted by molar-refractivity contribution is 0.0690. The van der Waals surface area contributed by atoms with Crippen molar-refractivity contribution < 1.29 is 14.6 Å². The van der Waals surface area contributed by atoms with Gasteiger partial charge in [-0.25, -0.2) is 4.79 Å². The zero-order valence-electron chi connectivity index (χ0n) is 10.7. The van der Waals surface area contributed by atoms with Gasteiger partial charge in [0.15, 0.2) is 5.69 Å². The summed E-state index contributed by atoms with van der Waals surface area (Å²) in [6, 6.07) is 7.11. The van der Waals surface area contributed by atoms with Gasteiger partial charge in [-0.3, -0.25) is 4.68 Å². The van der Waals surface area contributed by atoms with Gasteiger partial charge in [0.1, 0.15) is 11.8 Å². The van der Waals surface area contributed by atoms with E-state index in [9.17, 15) is 4.79 Å². The molecule has 0 radical (unpaired) electrons. The van der Waals surface area contributed by atoms with E-state index in [1.807, 2.05) is 6.07 Å². The monoisotopic (exact) mass is 272 g/mol. The molecule has 1 heterocycles. The number of hydrogen-bond acceptors (Lipinski definition) is 5. The Morgan fingerprint density at radius 2 is 2.35 bits per heavy atom. The normalized spacial score (nSPS) is 10.0. The van der Waals surface area contributed by atoms with Gasteiger partial charge in [-0.05, 0) is 17.7 Å². The lowest BCUT2D eigenvalue weighted by Gasteiger charge is -2.06. The van der Waals surface area contributed by atoms with Crippen LogP contribution < -0.4 is 10.5 Å². The van der Waals surface area contributed by atoms with Crippen LogP contribution in [0.5, 0.6) is 5.75 Å². The molecule has 0 saturated carbocycles. The van der Waals surface area contributed by atoms with Gasteiger partial charge in [-0.2, -0.15) is 10.4 Å². The maximum Gasteiger partial charge on any atom is 0.358 e. The molecule has 0 saturated heterocycles. The number of carbonyl (C=O) groups is 1. The number of aromatic nitrogens is 2. The predicted molar refractivity (Wildman–Crippen MR) is 70.4 cm³/mol. The molecule has 2 aromatic rings. The first-order valence-corrected chi connectivity index (χ1v) is 5.68. The molecule has 0 aliphatic carbocycles. The Bertz CT molecular complexity index is 700. The minimum Gasteiger partial charge on any atom is -0.495 e. The summed E-state index contributed by atoms with van der Waals surface area (Å²) in [5, 5.41) is 21.7. The average molecular weight is 272 g/mol. The van der Waals surface area contributed by atoms with Crippen molar-refractivity contribution in [1.29, 1.82) is 5.26 Å². The summed E-state index contributed by atoms with van der Waals surface area (Å²) >= 11 is 0. The van der Waals surface area contributed by atoms with E-state index in [-0.39, 0.29) is 11.4 Å². The molecule has 0 aliphatic rings. The van der Waals surface area contributed by atoms with Crippen LogP contribution in [0.3, 0.4) is 0 Å². The molecule has 7 heteroatoms. The molecule has 0 atom stereocenters. The standard InChI is InChI=1S/C13H12N4O3/c1-20-11-4-8(2-3-9(11)5-14)6-17-7-10(15)12(16-17)13(18)19/h2-4,7H,6,15H2,1H3,(H,18,19). The highest BCUT2D eigenvalue weighted by atomic mass is 16.5. The number of nitriles is 1. The van der Waals surface area contributed by atoms with Crippen LogP contribution in [0, 0.1) is 11.3 Å². The van der Waals surface area contributed by atoms with Crippen LogP contribution in [-0.2, 0) is 6.54 Å². The molecule has 3 N–H and O–H groups in total. The van der Waals surface area contributed by atoms with Gasteiger partial charge in [-0.1, -0.05) is 6.07 Å². The zero-order valence-corrected chi connectivity index (χ0v) is 10.7. The van der Waals surface area contributed by atoms with E-state index in [4.69, 9.17) is 20.8 Å². The molecule has 0 bridgehead atoms. The molecule has 0 fully saturated rings. The van der Waals surface area contributed by atoms with Crippen molar-refractivity contribution in [3.8, 4) is 11.8 Å². The molecule has 20 heavy (non-hydrogen) atoms. The molecule has 1 aromatic heterocycles. The average Bonchev–Trinajstić information content (AvgIpc) is 2.79. The smallest absolute Gasteiger partial charge is 0.358 e. The van der Waals surface area contributed by atoms with Crippen LogP contribution in [0.25, 0.3) is 0 Å². The van der Waals surface area contributed by atoms with Crippen molar-refractivity contribution in [2.45, 2.75) is 6.54 Å². The molecule has 102 valence electrons. The van der Waals surface area contributed by atoms with Crippen molar-refractivity contribution in [2.75, 3.05) is 12.8 Å². The van der Waals surface area contributed by atoms with E-state index in [0.29, 0.717) is 17.9 Å². The third-order valence-corrected chi connectivity index (χ3v) is 2.72. The maximum absolute atomic E-state index is 10.9. The Morgan fingerprint density at radius 3 is 2.90 bits per heavy atom. The van der Waals surface area contributed by atoms with Gasteiger partial charge in [0, 0.05) is 6.20 Å². The number of nitrogen functional groups attached to an aromatic ring is 1. The third kappa shape index (κ3) is 2.54. The summed E-state index contributed by atoms with van der Waals surface area (Å²) in [6.07, 6.45) is 1.45. The second-order valence-corrected chi connectivity index (χ2v) is 4.08. The second kappa shape index (κ2) is 5.32. The highest BCUT2D eigenvalue weighted by Crippen LogP contribution is 2.20. The van der Waals surface area contributed by atoms with Gasteiger partial charge in [0.2, 0.25) is 0 Å². The number of rotatable bonds is 4. The summed E-state index contributed by atoms with van der Waals surface area (Å²) in [5.41, 5.74) is 6.75. The van der Waals surface area contributed by atoms with E-state index in [1.165, 1.54) is 18.0 Å². The van der Waals surface area contributed by atoms with Gasteiger partial charge >= 0.3 is 5.97 Å². The SMILES string of the molecule is COc1cc(Cn2cc(N)c(C(=O)O)n2)ccc1C#N. The first-order valence-electron chi connectivity index (χ1n) is 5.68. The lowest BCUT2D eigenvalue weighted by atomic mass is 10.1. The number of aromatic carboxylic acids is 1. The number of methoxy groups -OCH3 is 1. The number of ether oxygens (including phenoxy) is 1. The topological polar surface area (TPSA) is 114 Å². The van der Waals surface area contributed by atoms with Gasteiger partial charge in [0.25, 0.3) is 0 Å². The highest BCUT2D eigenvalue weighted by Gasteiger charge is 2.13. The number of nitrogens with zero attached hydrogens (tertiary/aromatic N) is 3. The summed E-state index contributed by atoms with van der Waals surface area (Å²) in [6.45, 7) is 0.333. The van der Waals surface area contributed by atoms with E-state index >= 15 is 0 Å². The van der Waals surface area contributed by atoms with Crippen molar-refractivity contribution in [2.24, 2.45) is 0 Å². The molecule has 1 aromatic carbocycles. The summed E-state index contributed by atoms with van der Waals surface area (Å²) in [5.74, 6) is -0.706. The molecule has 2 rings (SSSR count). The molecule has 7 nitrogen and oxygen atoms in total. The Kier molecular flexibility index (Phi) is 3.57. The van der Waals surface area contributed by atoms with Crippen LogP contribution in [-0.4, -0.2) is 28.0 Å². The zero-order chi connectivity index (χ0) is 14.7. The minimum absolute atomic E-state index is 0.109.